The van der Waals surface area contributed by atoms with Gasteiger partial charge in [-0.1, -0.05) is 27.7 Å². The fourth-order valence-electron chi connectivity index (χ4n) is 2.26. The van der Waals surface area contributed by atoms with Crippen LogP contribution in [-0.4, -0.2) is 19.7 Å². The maximum atomic E-state index is 4.68. The van der Waals surface area contributed by atoms with Gasteiger partial charge in [-0.15, -0.1) is 0 Å². The van der Waals surface area contributed by atoms with Crippen LogP contribution in [0.2, 0.25) is 0 Å². The van der Waals surface area contributed by atoms with Crippen molar-refractivity contribution in [1.82, 2.24) is 19.7 Å². The van der Waals surface area contributed by atoms with Crippen molar-refractivity contribution >= 4 is 15.9 Å². The lowest BCUT2D eigenvalue weighted by molar-refractivity contribution is 0.539. The van der Waals surface area contributed by atoms with E-state index in [-0.39, 0.29) is 5.41 Å². The maximum absolute atomic E-state index is 4.68. The highest BCUT2D eigenvalue weighted by molar-refractivity contribution is 9.10. The van der Waals surface area contributed by atoms with Gasteiger partial charge in [0.15, 0.2) is 5.82 Å². The van der Waals surface area contributed by atoms with Gasteiger partial charge in [0.05, 0.1) is 5.69 Å². The Kier molecular flexibility index (Phi) is 4.00. The lowest BCUT2D eigenvalue weighted by Gasteiger charge is -2.17. The van der Waals surface area contributed by atoms with Gasteiger partial charge in [0.2, 0.25) is 0 Å². The van der Waals surface area contributed by atoms with Gasteiger partial charge >= 0.3 is 0 Å². The Labute approximate surface area is 128 Å². The molecule has 0 N–H and O–H groups in total. The Hall–Kier alpha value is -1.23. The molecule has 2 rings (SSSR count). The van der Waals surface area contributed by atoms with Crippen molar-refractivity contribution in [3.63, 3.8) is 0 Å². The third-order valence-corrected chi connectivity index (χ3v) is 3.77. The molecule has 4 nitrogen and oxygen atoms in total. The zero-order chi connectivity index (χ0) is 15.1. The van der Waals surface area contributed by atoms with Gasteiger partial charge in [-0.3, -0.25) is 0 Å². The number of halogens is 1. The molecule has 0 spiro atoms. The normalized spacial score (nSPS) is 11.9. The van der Waals surface area contributed by atoms with Crippen molar-refractivity contribution in [3.8, 4) is 5.82 Å². The number of aryl methyl sites for hydroxylation is 1. The standard InChI is InChI=1S/C15H21BrN4/c1-7-11-9(2)19-20(10(11)3)13-8-12(16)17-14(18-13)15(4,5)6/h8H,7H2,1-6H3. The summed E-state index contributed by atoms with van der Waals surface area (Å²) in [6.45, 7) is 12.6. The first-order valence-electron chi connectivity index (χ1n) is 6.84. The topological polar surface area (TPSA) is 43.6 Å². The fourth-order valence-corrected chi connectivity index (χ4v) is 2.63. The molecule has 2 heterocycles. The number of rotatable bonds is 2. The number of aromatic nitrogens is 4. The van der Waals surface area contributed by atoms with Crippen LogP contribution in [0.3, 0.4) is 0 Å². The Bertz CT molecular complexity index is 638. The van der Waals surface area contributed by atoms with Crippen LogP contribution in [0.25, 0.3) is 5.82 Å². The molecule has 0 aromatic carbocycles. The van der Waals surface area contributed by atoms with E-state index in [1.807, 2.05) is 17.7 Å². The maximum Gasteiger partial charge on any atom is 0.158 e. The van der Waals surface area contributed by atoms with Crippen molar-refractivity contribution in [1.29, 1.82) is 0 Å². The summed E-state index contributed by atoms with van der Waals surface area (Å²) in [4.78, 5) is 9.16. The molecule has 0 fully saturated rings. The predicted octanol–water partition coefficient (Wildman–Crippen LogP) is 3.90. The summed E-state index contributed by atoms with van der Waals surface area (Å²) in [5.74, 6) is 1.63. The first-order valence-corrected chi connectivity index (χ1v) is 7.64. The lowest BCUT2D eigenvalue weighted by Crippen LogP contribution is -2.18. The average Bonchev–Trinajstić information content (AvgIpc) is 2.62. The molecule has 0 radical (unpaired) electrons. The van der Waals surface area contributed by atoms with E-state index >= 15 is 0 Å². The zero-order valence-corrected chi connectivity index (χ0v) is 14.5. The van der Waals surface area contributed by atoms with Crippen molar-refractivity contribution in [2.45, 2.75) is 53.4 Å². The van der Waals surface area contributed by atoms with Crippen molar-refractivity contribution in [2.75, 3.05) is 0 Å². The molecule has 0 atom stereocenters. The summed E-state index contributed by atoms with van der Waals surface area (Å²) < 4.78 is 2.70. The van der Waals surface area contributed by atoms with Crippen LogP contribution in [0.15, 0.2) is 10.7 Å². The zero-order valence-electron chi connectivity index (χ0n) is 13.0. The number of nitrogens with zero attached hydrogens (tertiary/aromatic N) is 4. The molecule has 0 saturated heterocycles. The molecule has 2 aromatic rings. The monoisotopic (exact) mass is 336 g/mol. The minimum atomic E-state index is -0.0950. The summed E-state index contributed by atoms with van der Waals surface area (Å²) in [5.41, 5.74) is 3.41. The molecule has 5 heteroatoms. The van der Waals surface area contributed by atoms with Gasteiger partial charge in [-0.2, -0.15) is 5.10 Å². The number of hydrogen-bond donors (Lipinski definition) is 0. The third kappa shape index (κ3) is 2.77. The van der Waals surface area contributed by atoms with Gasteiger partial charge < -0.3 is 0 Å². The average molecular weight is 337 g/mol. The highest BCUT2D eigenvalue weighted by Crippen LogP contribution is 2.24. The van der Waals surface area contributed by atoms with Crippen molar-refractivity contribution in [3.05, 3.63) is 33.4 Å². The van der Waals surface area contributed by atoms with E-state index in [1.165, 1.54) is 5.56 Å². The van der Waals surface area contributed by atoms with Crippen LogP contribution < -0.4 is 0 Å². The second-order valence-corrected chi connectivity index (χ2v) is 6.85. The molecule has 0 aliphatic rings. The highest BCUT2D eigenvalue weighted by atomic mass is 79.9. The van der Waals surface area contributed by atoms with E-state index in [0.717, 1.165) is 34.1 Å². The Balaban J connectivity index is 2.62. The van der Waals surface area contributed by atoms with E-state index in [0.29, 0.717) is 0 Å². The smallest absolute Gasteiger partial charge is 0.158 e. The first kappa shape index (κ1) is 15.2. The quantitative estimate of drug-likeness (QED) is 0.781. The number of hydrogen-bond acceptors (Lipinski definition) is 3. The Morgan fingerprint density at radius 3 is 2.35 bits per heavy atom. The Morgan fingerprint density at radius 2 is 1.85 bits per heavy atom. The summed E-state index contributed by atoms with van der Waals surface area (Å²) in [6.07, 6.45) is 0.982. The lowest BCUT2D eigenvalue weighted by atomic mass is 9.96. The molecule has 0 aliphatic heterocycles. The molecular weight excluding hydrogens is 316 g/mol. The molecule has 2 aromatic heterocycles. The van der Waals surface area contributed by atoms with Crippen LogP contribution in [0.4, 0.5) is 0 Å². The van der Waals surface area contributed by atoms with Crippen LogP contribution in [0.1, 0.15) is 50.5 Å². The van der Waals surface area contributed by atoms with Crippen LogP contribution >= 0.6 is 15.9 Å². The van der Waals surface area contributed by atoms with Gasteiger partial charge in [-0.05, 0) is 41.8 Å². The summed E-state index contributed by atoms with van der Waals surface area (Å²) >= 11 is 3.48. The highest BCUT2D eigenvalue weighted by Gasteiger charge is 2.20. The fraction of sp³-hybridized carbons (Fsp3) is 0.533. The molecular formula is C15H21BrN4. The molecule has 20 heavy (non-hydrogen) atoms. The molecule has 0 unspecified atom stereocenters. The molecule has 0 saturated carbocycles. The van der Waals surface area contributed by atoms with Crippen LogP contribution in [0.5, 0.6) is 0 Å². The second-order valence-electron chi connectivity index (χ2n) is 6.04. The molecule has 0 aliphatic carbocycles. The van der Waals surface area contributed by atoms with Gasteiger partial charge in [0.25, 0.3) is 0 Å². The van der Waals surface area contributed by atoms with E-state index < -0.39 is 0 Å². The van der Waals surface area contributed by atoms with Crippen molar-refractivity contribution in [2.24, 2.45) is 0 Å². The molecule has 108 valence electrons. The minimum Gasteiger partial charge on any atom is -0.225 e. The summed E-state index contributed by atoms with van der Waals surface area (Å²) in [6, 6.07) is 1.91. The van der Waals surface area contributed by atoms with E-state index in [1.54, 1.807) is 0 Å². The third-order valence-electron chi connectivity index (χ3n) is 3.36. The molecule has 0 amide bonds. The predicted molar refractivity (Wildman–Crippen MR) is 84.4 cm³/mol. The second kappa shape index (κ2) is 5.28. The summed E-state index contributed by atoms with van der Waals surface area (Å²) in [7, 11) is 0. The van der Waals surface area contributed by atoms with Crippen LogP contribution in [-0.2, 0) is 11.8 Å². The van der Waals surface area contributed by atoms with E-state index in [2.05, 4.69) is 65.6 Å². The summed E-state index contributed by atoms with van der Waals surface area (Å²) in [5, 5.41) is 4.62. The van der Waals surface area contributed by atoms with Crippen molar-refractivity contribution < 1.29 is 0 Å². The SMILES string of the molecule is CCc1c(C)nn(-c2cc(Br)nc(C(C)(C)C)n2)c1C. The first-order chi connectivity index (χ1) is 9.24. The van der Waals surface area contributed by atoms with Crippen LogP contribution in [0, 0.1) is 13.8 Å². The van der Waals surface area contributed by atoms with E-state index in [4.69, 9.17) is 0 Å². The largest absolute Gasteiger partial charge is 0.225 e. The molecule has 0 bridgehead atoms. The Morgan fingerprint density at radius 1 is 1.20 bits per heavy atom. The van der Waals surface area contributed by atoms with Gasteiger partial charge in [0, 0.05) is 17.2 Å². The van der Waals surface area contributed by atoms with Gasteiger partial charge in [-0.25, -0.2) is 14.6 Å². The minimum absolute atomic E-state index is 0.0950. The van der Waals surface area contributed by atoms with E-state index in [9.17, 15) is 0 Å². The van der Waals surface area contributed by atoms with Gasteiger partial charge in [0.1, 0.15) is 10.4 Å².